The molecule has 1 aliphatic rings. The number of fused-ring (bicyclic) bond motifs is 3. The molecule has 0 saturated heterocycles. The van der Waals surface area contributed by atoms with E-state index in [0.717, 1.165) is 41.1 Å². The van der Waals surface area contributed by atoms with Crippen LogP contribution in [-0.4, -0.2) is 22.1 Å². The van der Waals surface area contributed by atoms with Crippen LogP contribution in [0.3, 0.4) is 0 Å². The Kier molecular flexibility index (Phi) is 6.32. The van der Waals surface area contributed by atoms with Crippen molar-refractivity contribution in [2.24, 2.45) is 11.7 Å². The first-order valence-electron chi connectivity index (χ1n) is 9.48. The Morgan fingerprint density at radius 2 is 2.03 bits per heavy atom. The average molecular weight is 469 g/mol. The van der Waals surface area contributed by atoms with Crippen LogP contribution in [0.1, 0.15) is 33.0 Å². The Hall–Kier alpha value is -1.37. The topological polar surface area (TPSA) is 60.9 Å². The lowest BCUT2D eigenvalue weighted by molar-refractivity contribution is 0.0966. The van der Waals surface area contributed by atoms with E-state index in [9.17, 15) is 4.79 Å². The summed E-state index contributed by atoms with van der Waals surface area (Å²) in [5.41, 5.74) is 8.95. The van der Waals surface area contributed by atoms with Gasteiger partial charge in [-0.25, -0.2) is 0 Å². The summed E-state index contributed by atoms with van der Waals surface area (Å²) in [5.74, 6) is 0.150. The van der Waals surface area contributed by atoms with Crippen molar-refractivity contribution in [2.45, 2.75) is 32.2 Å². The highest BCUT2D eigenvalue weighted by Gasteiger charge is 2.24. The standard InChI is InChI=1S/C21H20Cl3N3OS/c22-15-4-3-12(7-16(15)23)6-13(10-25)8-18(28)20-9-14-19(29-20)2-1-5-27-21(14)17(24)11-26-27/h3-4,7,9,11,13H,1-2,5-6,8,10,25H2/t13-/m1/s1. The Labute approximate surface area is 188 Å². The molecule has 0 amide bonds. The van der Waals surface area contributed by atoms with E-state index in [0.29, 0.717) is 34.5 Å². The second-order valence-electron chi connectivity index (χ2n) is 7.30. The van der Waals surface area contributed by atoms with Gasteiger partial charge in [0, 0.05) is 23.4 Å². The lowest BCUT2D eigenvalue weighted by Gasteiger charge is -2.14. The highest BCUT2D eigenvalue weighted by Crippen LogP contribution is 2.39. The van der Waals surface area contributed by atoms with E-state index in [2.05, 4.69) is 5.10 Å². The maximum absolute atomic E-state index is 13.0. The summed E-state index contributed by atoms with van der Waals surface area (Å²) < 4.78 is 1.93. The second kappa shape index (κ2) is 8.78. The summed E-state index contributed by atoms with van der Waals surface area (Å²) in [4.78, 5) is 15.0. The zero-order chi connectivity index (χ0) is 20.5. The van der Waals surface area contributed by atoms with Gasteiger partial charge in [-0.2, -0.15) is 5.10 Å². The first-order chi connectivity index (χ1) is 14.0. The fourth-order valence-electron chi connectivity index (χ4n) is 3.74. The Morgan fingerprint density at radius 3 is 2.79 bits per heavy atom. The van der Waals surface area contributed by atoms with Gasteiger partial charge in [0.25, 0.3) is 0 Å². The van der Waals surface area contributed by atoms with Gasteiger partial charge in [-0.15, -0.1) is 11.3 Å². The highest BCUT2D eigenvalue weighted by atomic mass is 35.5. The number of thiophene rings is 1. The van der Waals surface area contributed by atoms with Crippen molar-refractivity contribution in [3.63, 3.8) is 0 Å². The second-order valence-corrected chi connectivity index (χ2v) is 9.66. The van der Waals surface area contributed by atoms with E-state index in [1.807, 2.05) is 22.9 Å². The Balaban J connectivity index is 1.53. The number of ketones is 1. The van der Waals surface area contributed by atoms with Crippen LogP contribution in [0.4, 0.5) is 0 Å². The SMILES string of the molecule is NC[C@@H](CC(=O)c1cc2c(s1)CCCn1ncc(Cl)c1-2)Cc1ccc(Cl)c(Cl)c1. The lowest BCUT2D eigenvalue weighted by Crippen LogP contribution is -2.20. The third-order valence-electron chi connectivity index (χ3n) is 5.22. The molecule has 0 bridgehead atoms. The van der Waals surface area contributed by atoms with Gasteiger partial charge in [0.2, 0.25) is 0 Å². The van der Waals surface area contributed by atoms with Crippen LogP contribution >= 0.6 is 46.1 Å². The molecule has 1 atom stereocenters. The summed E-state index contributed by atoms with van der Waals surface area (Å²) >= 11 is 20.0. The number of nitrogens with two attached hydrogens (primary N) is 1. The predicted molar refractivity (Wildman–Crippen MR) is 121 cm³/mol. The minimum atomic E-state index is 0.0377. The van der Waals surface area contributed by atoms with Crippen molar-refractivity contribution in [1.82, 2.24) is 9.78 Å². The zero-order valence-corrected chi connectivity index (χ0v) is 18.7. The van der Waals surface area contributed by atoms with E-state index in [1.165, 1.54) is 4.88 Å². The van der Waals surface area contributed by atoms with Crippen molar-refractivity contribution in [3.05, 3.63) is 60.8 Å². The van der Waals surface area contributed by atoms with Gasteiger partial charge in [-0.1, -0.05) is 40.9 Å². The molecule has 4 rings (SSSR count). The largest absolute Gasteiger partial charge is 0.330 e. The molecule has 0 fully saturated rings. The van der Waals surface area contributed by atoms with Crippen molar-refractivity contribution in [3.8, 4) is 11.3 Å². The maximum Gasteiger partial charge on any atom is 0.173 e. The fraction of sp³-hybridized carbons (Fsp3) is 0.333. The molecule has 0 unspecified atom stereocenters. The Morgan fingerprint density at radius 1 is 1.21 bits per heavy atom. The van der Waals surface area contributed by atoms with Crippen LogP contribution in [0, 0.1) is 5.92 Å². The molecule has 152 valence electrons. The van der Waals surface area contributed by atoms with E-state index in [1.54, 1.807) is 23.6 Å². The van der Waals surface area contributed by atoms with Gasteiger partial charge in [-0.05, 0) is 55.5 Å². The van der Waals surface area contributed by atoms with E-state index in [-0.39, 0.29) is 11.7 Å². The van der Waals surface area contributed by atoms with Crippen molar-refractivity contribution < 1.29 is 4.79 Å². The van der Waals surface area contributed by atoms with E-state index >= 15 is 0 Å². The van der Waals surface area contributed by atoms with Gasteiger partial charge in [0.15, 0.2) is 5.78 Å². The monoisotopic (exact) mass is 467 g/mol. The quantitative estimate of drug-likeness (QED) is 0.458. The third kappa shape index (κ3) is 4.39. The first-order valence-corrected chi connectivity index (χ1v) is 11.4. The first kappa shape index (κ1) is 20.9. The van der Waals surface area contributed by atoms with Gasteiger partial charge in [-0.3, -0.25) is 9.48 Å². The molecule has 29 heavy (non-hydrogen) atoms. The van der Waals surface area contributed by atoms with E-state index < -0.39 is 0 Å². The van der Waals surface area contributed by atoms with Crippen LogP contribution in [0.2, 0.25) is 15.1 Å². The number of carbonyl (C=O) groups is 1. The maximum atomic E-state index is 13.0. The fourth-order valence-corrected chi connectivity index (χ4v) is 5.46. The smallest absolute Gasteiger partial charge is 0.173 e. The van der Waals surface area contributed by atoms with Crippen molar-refractivity contribution in [1.29, 1.82) is 0 Å². The number of nitrogens with zero attached hydrogens (tertiary/aromatic N) is 2. The van der Waals surface area contributed by atoms with E-state index in [4.69, 9.17) is 40.5 Å². The number of hydrogen-bond acceptors (Lipinski definition) is 4. The molecule has 0 spiro atoms. The van der Waals surface area contributed by atoms with Crippen LogP contribution in [-0.2, 0) is 19.4 Å². The molecule has 0 aliphatic carbocycles. The lowest BCUT2D eigenvalue weighted by atomic mass is 9.94. The van der Waals surface area contributed by atoms with Crippen LogP contribution in [0.5, 0.6) is 0 Å². The van der Waals surface area contributed by atoms with Gasteiger partial charge in [0.1, 0.15) is 0 Å². The zero-order valence-electron chi connectivity index (χ0n) is 15.6. The van der Waals surface area contributed by atoms with Gasteiger partial charge in [0.05, 0.1) is 31.8 Å². The molecular weight excluding hydrogens is 449 g/mol. The molecule has 3 aromatic rings. The summed E-state index contributed by atoms with van der Waals surface area (Å²) in [6.07, 6.45) is 4.66. The number of carbonyl (C=O) groups excluding carboxylic acids is 1. The molecule has 2 N–H and O–H groups in total. The molecule has 0 saturated carbocycles. The third-order valence-corrected chi connectivity index (χ3v) is 7.47. The summed E-state index contributed by atoms with van der Waals surface area (Å²) in [5, 5.41) is 6.03. The average Bonchev–Trinajstić information content (AvgIpc) is 3.23. The highest BCUT2D eigenvalue weighted by molar-refractivity contribution is 7.14. The molecule has 4 nitrogen and oxygen atoms in total. The van der Waals surface area contributed by atoms with Crippen molar-refractivity contribution >= 4 is 51.9 Å². The van der Waals surface area contributed by atoms with Crippen LogP contribution in [0.15, 0.2) is 30.5 Å². The minimum Gasteiger partial charge on any atom is -0.330 e. The number of benzene rings is 1. The molecule has 1 aromatic carbocycles. The molecule has 8 heteroatoms. The summed E-state index contributed by atoms with van der Waals surface area (Å²) in [7, 11) is 0. The molecule has 2 aromatic heterocycles. The number of hydrogen-bond donors (Lipinski definition) is 1. The number of rotatable bonds is 6. The normalized spacial score (nSPS) is 14.2. The minimum absolute atomic E-state index is 0.0377. The van der Waals surface area contributed by atoms with Crippen LogP contribution in [0.25, 0.3) is 11.3 Å². The Bertz CT molecular complexity index is 1060. The summed E-state index contributed by atoms with van der Waals surface area (Å²) in [6.45, 7) is 1.27. The molecule has 3 heterocycles. The number of Topliss-reactive ketones (excluding diaryl/α,β-unsaturated/α-hetero) is 1. The summed E-state index contributed by atoms with van der Waals surface area (Å²) in [6, 6.07) is 7.52. The molecule has 1 aliphatic heterocycles. The molecule has 0 radical (unpaired) electrons. The number of aromatic nitrogens is 2. The number of aryl methyl sites for hydroxylation is 2. The van der Waals surface area contributed by atoms with Gasteiger partial charge >= 0.3 is 0 Å². The predicted octanol–water partition coefficient (Wildman–Crippen LogP) is 5.91. The molecular formula is C21H20Cl3N3OS. The van der Waals surface area contributed by atoms with Crippen molar-refractivity contribution in [2.75, 3.05) is 6.54 Å². The van der Waals surface area contributed by atoms with Gasteiger partial charge < -0.3 is 5.73 Å². The van der Waals surface area contributed by atoms with Crippen LogP contribution < -0.4 is 5.73 Å². The number of halogens is 3.